The van der Waals surface area contributed by atoms with Crippen LogP contribution in [0.25, 0.3) is 0 Å². The molecular formula is C28H40N2O2Sn2. The predicted octanol–water partition coefficient (Wildman–Crippen LogP) is 4.90. The maximum absolute atomic E-state index is 5.79. The molecule has 4 nitrogen and oxygen atoms in total. The van der Waals surface area contributed by atoms with E-state index in [2.05, 4.69) is 96.0 Å². The van der Waals surface area contributed by atoms with Crippen molar-refractivity contribution in [2.75, 3.05) is 13.2 Å². The fourth-order valence-electron chi connectivity index (χ4n) is 3.97. The zero-order valence-corrected chi connectivity index (χ0v) is 27.8. The minimum atomic E-state index is -1.38. The molecule has 2 heterocycles. The van der Waals surface area contributed by atoms with Gasteiger partial charge in [-0.2, -0.15) is 0 Å². The van der Waals surface area contributed by atoms with E-state index < -0.39 is 39.5 Å². The third kappa shape index (κ3) is 7.02. The molecule has 4 rings (SSSR count). The predicted molar refractivity (Wildman–Crippen MR) is 149 cm³/mol. The van der Waals surface area contributed by atoms with Crippen molar-refractivity contribution >= 4 is 58.5 Å². The van der Waals surface area contributed by atoms with Crippen molar-refractivity contribution in [1.29, 1.82) is 0 Å². The standard InChI is InChI=1S/2C12H14NO.4CH3.2Sn/c2*1-9(2)11-8-14-12(13-11)10-6-4-3-5-7-10;;;;;;/h2*3-6,9,11H,8H2,1-2H3;4*1H3;;/t2*11-;;;;;;/m11....../s1. The van der Waals surface area contributed by atoms with Gasteiger partial charge in [0, 0.05) is 0 Å². The molecule has 0 bridgehead atoms. The Labute approximate surface area is 220 Å². The van der Waals surface area contributed by atoms with Crippen LogP contribution in [-0.4, -0.2) is 76.6 Å². The van der Waals surface area contributed by atoms with Gasteiger partial charge in [-0.15, -0.1) is 0 Å². The molecule has 182 valence electrons. The van der Waals surface area contributed by atoms with Crippen molar-refractivity contribution in [1.82, 2.24) is 0 Å². The average Bonchev–Trinajstić information content (AvgIpc) is 3.50. The summed E-state index contributed by atoms with van der Waals surface area (Å²) in [5.41, 5.74) is 2.49. The van der Waals surface area contributed by atoms with Crippen LogP contribution in [0.2, 0.25) is 19.8 Å². The molecule has 0 aromatic heterocycles. The Morgan fingerprint density at radius 2 is 1.00 bits per heavy atom. The molecule has 2 aliphatic heterocycles. The first kappa shape index (κ1) is 27.6. The van der Waals surface area contributed by atoms with E-state index in [0.29, 0.717) is 23.9 Å². The zero-order valence-electron chi connectivity index (χ0n) is 22.1. The van der Waals surface area contributed by atoms with Crippen LogP contribution in [0.4, 0.5) is 0 Å². The molecule has 0 N–H and O–H groups in total. The minimum absolute atomic E-state index is 0.332. The molecule has 0 aliphatic carbocycles. The summed E-state index contributed by atoms with van der Waals surface area (Å²) in [7, 11) is 0. The van der Waals surface area contributed by atoms with Gasteiger partial charge in [-0.25, -0.2) is 0 Å². The number of nitrogens with zero attached hydrogens (tertiary/aromatic N) is 2. The molecule has 0 unspecified atom stereocenters. The van der Waals surface area contributed by atoms with Gasteiger partial charge in [0.05, 0.1) is 0 Å². The van der Waals surface area contributed by atoms with Crippen LogP contribution in [0.15, 0.2) is 58.5 Å². The molecule has 34 heavy (non-hydrogen) atoms. The van der Waals surface area contributed by atoms with Crippen LogP contribution in [0, 0.1) is 11.8 Å². The van der Waals surface area contributed by atoms with Gasteiger partial charge in [-0.05, 0) is 0 Å². The van der Waals surface area contributed by atoms with Crippen molar-refractivity contribution < 1.29 is 9.47 Å². The fourth-order valence-corrected chi connectivity index (χ4v) is 10.6. The van der Waals surface area contributed by atoms with Crippen LogP contribution in [0.5, 0.6) is 0 Å². The van der Waals surface area contributed by atoms with Gasteiger partial charge < -0.3 is 0 Å². The maximum atomic E-state index is 5.79. The monoisotopic (exact) mass is 676 g/mol. The van der Waals surface area contributed by atoms with E-state index in [1.165, 1.54) is 18.3 Å². The van der Waals surface area contributed by atoms with Gasteiger partial charge in [0.25, 0.3) is 0 Å². The molecule has 0 fully saturated rings. The van der Waals surface area contributed by atoms with Gasteiger partial charge in [0.1, 0.15) is 0 Å². The van der Waals surface area contributed by atoms with Crippen LogP contribution < -0.4 is 7.16 Å². The second kappa shape index (κ2) is 12.8. The normalized spacial score (nSPS) is 19.6. The second-order valence-electron chi connectivity index (χ2n) is 10.2. The molecule has 2 radical (unpaired) electrons. The van der Waals surface area contributed by atoms with E-state index in [4.69, 9.17) is 19.5 Å². The van der Waals surface area contributed by atoms with Crippen LogP contribution in [0.1, 0.15) is 38.8 Å². The molecule has 6 heteroatoms. The first-order valence-electron chi connectivity index (χ1n) is 12.4. The van der Waals surface area contributed by atoms with Gasteiger partial charge in [-0.3, -0.25) is 0 Å². The third-order valence-electron chi connectivity index (χ3n) is 6.28. The van der Waals surface area contributed by atoms with Gasteiger partial charge >= 0.3 is 222 Å². The van der Waals surface area contributed by atoms with Crippen molar-refractivity contribution in [2.24, 2.45) is 21.8 Å². The molecule has 0 saturated heterocycles. The van der Waals surface area contributed by atoms with E-state index in [1.54, 1.807) is 0 Å². The topological polar surface area (TPSA) is 43.2 Å². The Hall–Kier alpha value is -1.02. The summed E-state index contributed by atoms with van der Waals surface area (Å²) >= 11 is -2.76. The van der Waals surface area contributed by atoms with E-state index in [1.807, 2.05) is 0 Å². The number of benzene rings is 2. The Balaban J connectivity index is 0.000000191. The third-order valence-corrected chi connectivity index (χ3v) is 14.9. The molecular weight excluding hydrogens is 634 g/mol. The average molecular weight is 674 g/mol. The SMILES string of the molecule is CC(C)[C@H]1COC(c2cccc[c]2[Sn]([CH3])[CH3])=N1.CC(C)[C@H]1COC(c2cccc[c]2[Sn]([CH3])[CH3])=N1. The number of hydrogen-bond donors (Lipinski definition) is 0. The Morgan fingerprint density at radius 3 is 1.29 bits per heavy atom. The fraction of sp³-hybridized carbons (Fsp3) is 0.500. The summed E-state index contributed by atoms with van der Waals surface area (Å²) in [6.07, 6.45) is 0. The van der Waals surface area contributed by atoms with Crippen molar-refractivity contribution in [3.05, 3.63) is 59.7 Å². The van der Waals surface area contributed by atoms with Gasteiger partial charge in [0.2, 0.25) is 0 Å². The molecule has 2 aromatic carbocycles. The molecule has 0 spiro atoms. The molecule has 0 amide bonds. The van der Waals surface area contributed by atoms with Crippen LogP contribution in [0.3, 0.4) is 0 Å². The number of ether oxygens (including phenoxy) is 2. The number of rotatable bonds is 6. The summed E-state index contributed by atoms with van der Waals surface area (Å²) in [5, 5.41) is 0. The first-order valence-corrected chi connectivity index (χ1v) is 26.7. The van der Waals surface area contributed by atoms with E-state index >= 15 is 0 Å². The van der Waals surface area contributed by atoms with Gasteiger partial charge in [-0.1, -0.05) is 0 Å². The molecule has 2 aromatic rings. The molecule has 0 saturated carbocycles. The summed E-state index contributed by atoms with van der Waals surface area (Å²) in [4.78, 5) is 19.1. The quantitative estimate of drug-likeness (QED) is 0.410. The first-order chi connectivity index (χ1) is 16.2. The number of aliphatic imine (C=N–C) groups is 2. The summed E-state index contributed by atoms with van der Waals surface area (Å²) < 4.78 is 14.6. The number of hydrogen-bond acceptors (Lipinski definition) is 4. The van der Waals surface area contributed by atoms with Crippen LogP contribution >= 0.6 is 0 Å². The van der Waals surface area contributed by atoms with E-state index in [0.717, 1.165) is 25.0 Å². The summed E-state index contributed by atoms with van der Waals surface area (Å²) in [5.74, 6) is 2.87. The van der Waals surface area contributed by atoms with Crippen molar-refractivity contribution in [3.63, 3.8) is 0 Å². The van der Waals surface area contributed by atoms with Crippen molar-refractivity contribution in [3.8, 4) is 0 Å². The van der Waals surface area contributed by atoms with E-state index in [9.17, 15) is 0 Å². The summed E-state index contributed by atoms with van der Waals surface area (Å²) in [6, 6.07) is 17.9. The molecule has 2 atom stereocenters. The Bertz CT molecular complexity index is 933. The Kier molecular flexibility index (Phi) is 10.4. The van der Waals surface area contributed by atoms with Gasteiger partial charge in [0.15, 0.2) is 0 Å². The zero-order chi connectivity index (χ0) is 24.8. The summed E-state index contributed by atoms with van der Waals surface area (Å²) in [6.45, 7) is 10.3. The molecule has 2 aliphatic rings. The van der Waals surface area contributed by atoms with Crippen molar-refractivity contribution in [2.45, 2.75) is 59.5 Å². The Morgan fingerprint density at radius 1 is 0.647 bits per heavy atom. The van der Waals surface area contributed by atoms with E-state index in [-0.39, 0.29) is 0 Å². The van der Waals surface area contributed by atoms with Crippen LogP contribution in [-0.2, 0) is 9.47 Å². The second-order valence-corrected chi connectivity index (χ2v) is 24.7.